The van der Waals surface area contributed by atoms with E-state index in [1.807, 2.05) is 54.4 Å². The molecule has 0 aliphatic heterocycles. The van der Waals surface area contributed by atoms with Gasteiger partial charge in [0.1, 0.15) is 11.8 Å². The largest absolute Gasteiger partial charge is 0.453 e. The van der Waals surface area contributed by atoms with Gasteiger partial charge in [-0.25, -0.2) is 0 Å². The Hall–Kier alpha value is -1.59. The molecule has 0 radical (unpaired) electrons. The number of benzene rings is 1. The van der Waals surface area contributed by atoms with Gasteiger partial charge in [0.2, 0.25) is 5.91 Å². The predicted octanol–water partition coefficient (Wildman–Crippen LogP) is 2.70. The van der Waals surface area contributed by atoms with Gasteiger partial charge < -0.3 is 10.2 Å². The summed E-state index contributed by atoms with van der Waals surface area (Å²) in [5, 5.41) is 0. The van der Waals surface area contributed by atoms with Crippen LogP contribution in [0.25, 0.3) is 0 Å². The van der Waals surface area contributed by atoms with Crippen LogP contribution in [-0.2, 0) is 11.3 Å². The molecule has 1 atom stereocenters. The van der Waals surface area contributed by atoms with E-state index in [0.29, 0.717) is 11.2 Å². The number of carbonyl (C=O) groups is 1. The molecule has 19 heavy (non-hydrogen) atoms. The maximum Gasteiger partial charge on any atom is 0.239 e. The van der Waals surface area contributed by atoms with Gasteiger partial charge in [-0.2, -0.15) is 0 Å². The van der Waals surface area contributed by atoms with Crippen LogP contribution in [0.15, 0.2) is 51.6 Å². The Labute approximate surface area is 120 Å². The lowest BCUT2D eigenvalue weighted by Gasteiger charge is -2.24. The first-order valence-electron chi connectivity index (χ1n) is 5.86. The maximum atomic E-state index is 11.7. The molecule has 0 saturated carbocycles. The minimum atomic E-state index is -0.468. The lowest BCUT2D eigenvalue weighted by molar-refractivity contribution is -0.123. The monoisotopic (exact) mass is 322 g/mol. The number of furan rings is 1. The van der Waals surface area contributed by atoms with E-state index in [1.54, 1.807) is 0 Å². The fourth-order valence-electron chi connectivity index (χ4n) is 2.05. The molecule has 0 aliphatic carbocycles. The van der Waals surface area contributed by atoms with E-state index in [-0.39, 0.29) is 5.91 Å². The summed E-state index contributed by atoms with van der Waals surface area (Å²) < 4.78 is 6.12. The third-order valence-corrected chi connectivity index (χ3v) is 3.29. The van der Waals surface area contributed by atoms with E-state index in [9.17, 15) is 4.79 Å². The van der Waals surface area contributed by atoms with Crippen molar-refractivity contribution >= 4 is 21.8 Å². The number of primary amides is 1. The number of amides is 1. The third-order valence-electron chi connectivity index (χ3n) is 2.86. The summed E-state index contributed by atoms with van der Waals surface area (Å²) in [6.45, 7) is 0.508. The Bertz CT molecular complexity index is 554. The van der Waals surface area contributed by atoms with E-state index in [4.69, 9.17) is 10.2 Å². The van der Waals surface area contributed by atoms with Crippen LogP contribution < -0.4 is 5.73 Å². The Morgan fingerprint density at radius 3 is 2.53 bits per heavy atom. The molecule has 100 valence electrons. The molecule has 1 aromatic carbocycles. The predicted molar refractivity (Wildman–Crippen MR) is 76.3 cm³/mol. The van der Waals surface area contributed by atoms with E-state index in [0.717, 1.165) is 11.3 Å². The van der Waals surface area contributed by atoms with Gasteiger partial charge in [0, 0.05) is 0 Å². The molecule has 1 heterocycles. The lowest BCUT2D eigenvalue weighted by atomic mass is 10.1. The fraction of sp³-hybridized carbons (Fsp3) is 0.214. The Balaban J connectivity index is 2.18. The van der Waals surface area contributed by atoms with Crippen LogP contribution >= 0.6 is 15.9 Å². The highest BCUT2D eigenvalue weighted by Gasteiger charge is 2.23. The third kappa shape index (κ3) is 3.45. The lowest BCUT2D eigenvalue weighted by Crippen LogP contribution is -2.34. The van der Waals surface area contributed by atoms with Crippen molar-refractivity contribution < 1.29 is 9.21 Å². The van der Waals surface area contributed by atoms with Crippen LogP contribution in [0, 0.1) is 0 Å². The van der Waals surface area contributed by atoms with Crippen molar-refractivity contribution in [1.29, 1.82) is 0 Å². The first-order valence-corrected chi connectivity index (χ1v) is 6.66. The SMILES string of the molecule is CN(Cc1ccc(Br)o1)C(C(N)=O)c1ccccc1. The standard InChI is InChI=1S/C14H15BrN2O2/c1-17(9-11-7-8-12(15)19-11)13(14(16)18)10-5-3-2-4-6-10/h2-8,13H,9H2,1H3,(H2,16,18). The van der Waals surface area contributed by atoms with Gasteiger partial charge in [-0.15, -0.1) is 0 Å². The highest BCUT2D eigenvalue weighted by atomic mass is 79.9. The van der Waals surface area contributed by atoms with Crippen LogP contribution in [0.1, 0.15) is 17.4 Å². The number of hydrogen-bond acceptors (Lipinski definition) is 3. The fourth-order valence-corrected chi connectivity index (χ4v) is 2.39. The molecule has 0 spiro atoms. The molecule has 0 saturated heterocycles. The van der Waals surface area contributed by atoms with Crippen molar-refractivity contribution in [3.8, 4) is 0 Å². The van der Waals surface area contributed by atoms with Crippen molar-refractivity contribution in [2.24, 2.45) is 5.73 Å². The molecule has 1 unspecified atom stereocenters. The van der Waals surface area contributed by atoms with Gasteiger partial charge in [0.05, 0.1) is 6.54 Å². The minimum Gasteiger partial charge on any atom is -0.453 e. The summed E-state index contributed by atoms with van der Waals surface area (Å²) in [7, 11) is 1.85. The van der Waals surface area contributed by atoms with Crippen molar-refractivity contribution in [3.05, 3.63) is 58.5 Å². The van der Waals surface area contributed by atoms with Crippen LogP contribution in [0.5, 0.6) is 0 Å². The quantitative estimate of drug-likeness (QED) is 0.920. The van der Waals surface area contributed by atoms with Crippen LogP contribution in [0.4, 0.5) is 0 Å². The number of carbonyl (C=O) groups excluding carboxylic acids is 1. The molecular weight excluding hydrogens is 308 g/mol. The van der Waals surface area contributed by atoms with Gasteiger partial charge in [-0.3, -0.25) is 9.69 Å². The molecular formula is C14H15BrN2O2. The summed E-state index contributed by atoms with van der Waals surface area (Å²) >= 11 is 3.26. The molecule has 4 nitrogen and oxygen atoms in total. The second-order valence-electron chi connectivity index (χ2n) is 4.34. The second kappa shape index (κ2) is 6.04. The number of hydrogen-bond donors (Lipinski definition) is 1. The first-order chi connectivity index (χ1) is 9.08. The second-order valence-corrected chi connectivity index (χ2v) is 5.12. The van der Waals surface area contributed by atoms with E-state index >= 15 is 0 Å². The normalized spacial score (nSPS) is 12.6. The average Bonchev–Trinajstić information content (AvgIpc) is 2.75. The molecule has 1 aromatic heterocycles. The summed E-state index contributed by atoms with van der Waals surface area (Å²) in [6, 6.07) is 12.7. The molecule has 0 fully saturated rings. The van der Waals surface area contributed by atoms with E-state index in [1.165, 1.54) is 0 Å². The van der Waals surface area contributed by atoms with Gasteiger partial charge in [0.15, 0.2) is 4.67 Å². The molecule has 2 aromatic rings. The topological polar surface area (TPSA) is 59.5 Å². The summed E-state index contributed by atoms with van der Waals surface area (Å²) in [5.41, 5.74) is 6.39. The van der Waals surface area contributed by atoms with Gasteiger partial charge in [0.25, 0.3) is 0 Å². The smallest absolute Gasteiger partial charge is 0.239 e. The zero-order chi connectivity index (χ0) is 13.8. The van der Waals surface area contributed by atoms with Crippen molar-refractivity contribution in [3.63, 3.8) is 0 Å². The summed E-state index contributed by atoms with van der Waals surface area (Å²) in [4.78, 5) is 13.5. The zero-order valence-corrected chi connectivity index (χ0v) is 12.1. The van der Waals surface area contributed by atoms with Crippen LogP contribution in [0.2, 0.25) is 0 Å². The Morgan fingerprint density at radius 2 is 2.00 bits per heavy atom. The molecule has 2 N–H and O–H groups in total. The van der Waals surface area contributed by atoms with Crippen LogP contribution in [0.3, 0.4) is 0 Å². The van der Waals surface area contributed by atoms with Crippen LogP contribution in [-0.4, -0.2) is 17.9 Å². The van der Waals surface area contributed by atoms with Crippen molar-refractivity contribution in [2.45, 2.75) is 12.6 Å². The first kappa shape index (κ1) is 13.8. The highest BCUT2D eigenvalue weighted by molar-refractivity contribution is 9.10. The maximum absolute atomic E-state index is 11.7. The molecule has 1 amide bonds. The number of likely N-dealkylation sites (N-methyl/N-ethyl adjacent to an activating group) is 1. The Morgan fingerprint density at radius 1 is 1.32 bits per heavy atom. The van der Waals surface area contributed by atoms with E-state index < -0.39 is 6.04 Å². The van der Waals surface area contributed by atoms with E-state index in [2.05, 4.69) is 15.9 Å². The number of nitrogens with zero attached hydrogens (tertiary/aromatic N) is 1. The number of halogens is 1. The van der Waals surface area contributed by atoms with Gasteiger partial charge >= 0.3 is 0 Å². The molecule has 0 aliphatic rings. The summed E-state index contributed by atoms with van der Waals surface area (Å²) in [6.07, 6.45) is 0. The molecule has 2 rings (SSSR count). The van der Waals surface area contributed by atoms with Crippen molar-refractivity contribution in [1.82, 2.24) is 4.90 Å². The van der Waals surface area contributed by atoms with Gasteiger partial charge in [-0.05, 0) is 40.7 Å². The molecule has 0 bridgehead atoms. The highest BCUT2D eigenvalue weighted by Crippen LogP contribution is 2.22. The summed E-state index contributed by atoms with van der Waals surface area (Å²) in [5.74, 6) is 0.399. The van der Waals surface area contributed by atoms with Gasteiger partial charge in [-0.1, -0.05) is 30.3 Å². The minimum absolute atomic E-state index is 0.376. The molecule has 5 heteroatoms. The average molecular weight is 323 g/mol. The zero-order valence-electron chi connectivity index (χ0n) is 10.5. The number of rotatable bonds is 5. The number of nitrogens with two attached hydrogens (primary N) is 1. The Kier molecular flexibility index (Phi) is 4.39. The van der Waals surface area contributed by atoms with Crippen molar-refractivity contribution in [2.75, 3.05) is 7.05 Å².